The van der Waals surface area contributed by atoms with Crippen molar-refractivity contribution in [3.8, 4) is 0 Å². The van der Waals surface area contributed by atoms with E-state index in [2.05, 4.69) is 22.6 Å². The Morgan fingerprint density at radius 1 is 0.955 bits per heavy atom. The average molecular weight is 412 g/mol. The Labute approximate surface area is 145 Å². The second-order valence-corrected chi connectivity index (χ2v) is 7.24. The lowest BCUT2D eigenvalue weighted by Gasteiger charge is -2.36. The number of piperazine rings is 1. The lowest BCUT2D eigenvalue weighted by atomic mass is 10.1. The smallest absolute Gasteiger partial charge is 0.255 e. The molecule has 1 saturated carbocycles. The largest absolute Gasteiger partial charge is 0.339 e. The van der Waals surface area contributed by atoms with E-state index in [1.165, 1.54) is 12.8 Å². The predicted molar refractivity (Wildman–Crippen MR) is 93.6 cm³/mol. The zero-order chi connectivity index (χ0) is 15.5. The molecule has 0 spiro atoms. The van der Waals surface area contributed by atoms with Gasteiger partial charge in [-0.1, -0.05) is 25.0 Å². The Kier molecular flexibility index (Phi) is 5.00. The number of amides is 2. The Bertz CT molecular complexity index is 562. The third-order valence-electron chi connectivity index (χ3n) is 4.69. The van der Waals surface area contributed by atoms with Crippen molar-refractivity contribution < 1.29 is 9.59 Å². The molecule has 2 aliphatic rings. The summed E-state index contributed by atoms with van der Waals surface area (Å²) in [5.41, 5.74) is 0.763. The predicted octanol–water partition coefficient (Wildman–Crippen LogP) is 2.77. The molecule has 0 aromatic heterocycles. The van der Waals surface area contributed by atoms with Crippen LogP contribution in [0, 0.1) is 9.49 Å². The molecule has 1 aliphatic heterocycles. The quantitative estimate of drug-likeness (QED) is 0.702. The van der Waals surface area contributed by atoms with E-state index in [0.29, 0.717) is 32.1 Å². The summed E-state index contributed by atoms with van der Waals surface area (Å²) < 4.78 is 0.981. The zero-order valence-electron chi connectivity index (χ0n) is 12.6. The first-order valence-electron chi connectivity index (χ1n) is 7.99. The first-order valence-corrected chi connectivity index (χ1v) is 9.07. The van der Waals surface area contributed by atoms with Crippen molar-refractivity contribution in [2.45, 2.75) is 25.7 Å². The molecule has 1 saturated heterocycles. The number of hydrogen-bond acceptors (Lipinski definition) is 2. The number of hydrogen-bond donors (Lipinski definition) is 0. The first kappa shape index (κ1) is 15.8. The highest BCUT2D eigenvalue weighted by Crippen LogP contribution is 2.27. The van der Waals surface area contributed by atoms with E-state index in [1.54, 1.807) is 0 Å². The topological polar surface area (TPSA) is 40.6 Å². The fourth-order valence-corrected chi connectivity index (χ4v) is 3.98. The molecule has 1 aromatic carbocycles. The van der Waals surface area contributed by atoms with Crippen molar-refractivity contribution in [3.05, 3.63) is 33.4 Å². The van der Waals surface area contributed by atoms with E-state index in [1.807, 2.05) is 34.1 Å². The van der Waals surface area contributed by atoms with Gasteiger partial charge in [-0.15, -0.1) is 0 Å². The van der Waals surface area contributed by atoms with Gasteiger partial charge < -0.3 is 9.80 Å². The minimum atomic E-state index is 0.0814. The maximum Gasteiger partial charge on any atom is 0.255 e. The van der Waals surface area contributed by atoms with Gasteiger partial charge in [0.05, 0.1) is 5.56 Å². The molecular formula is C17H21IN2O2. The van der Waals surface area contributed by atoms with Crippen molar-refractivity contribution >= 4 is 34.4 Å². The molecule has 0 unspecified atom stereocenters. The van der Waals surface area contributed by atoms with E-state index in [-0.39, 0.29) is 11.8 Å². The number of carbonyl (C=O) groups is 2. The molecule has 0 bridgehead atoms. The van der Waals surface area contributed by atoms with E-state index < -0.39 is 0 Å². The van der Waals surface area contributed by atoms with Gasteiger partial charge in [0.2, 0.25) is 5.91 Å². The fourth-order valence-electron chi connectivity index (χ4n) is 3.37. The Balaban J connectivity index is 1.58. The zero-order valence-corrected chi connectivity index (χ0v) is 14.8. The average Bonchev–Trinajstić information content (AvgIpc) is 3.09. The monoisotopic (exact) mass is 412 g/mol. The number of nitrogens with zero attached hydrogens (tertiary/aromatic N) is 2. The summed E-state index contributed by atoms with van der Waals surface area (Å²) in [4.78, 5) is 28.8. The molecule has 1 aliphatic carbocycles. The summed E-state index contributed by atoms with van der Waals surface area (Å²) in [7, 11) is 0. The summed E-state index contributed by atoms with van der Waals surface area (Å²) in [6.45, 7) is 2.62. The molecule has 2 fully saturated rings. The Hall–Kier alpha value is -1.11. The SMILES string of the molecule is O=C(c1ccccc1I)N1CCN(C(=O)C2CCCC2)CC1. The van der Waals surface area contributed by atoms with Gasteiger partial charge in [-0.25, -0.2) is 0 Å². The summed E-state index contributed by atoms with van der Waals surface area (Å²) >= 11 is 2.20. The Morgan fingerprint density at radius 3 is 2.18 bits per heavy atom. The number of halogens is 1. The molecule has 5 heteroatoms. The van der Waals surface area contributed by atoms with Crippen molar-refractivity contribution in [2.75, 3.05) is 26.2 Å². The Morgan fingerprint density at radius 2 is 1.55 bits per heavy atom. The number of carbonyl (C=O) groups excluding carboxylic acids is 2. The highest BCUT2D eigenvalue weighted by atomic mass is 127. The van der Waals surface area contributed by atoms with Gasteiger partial charge in [-0.2, -0.15) is 0 Å². The van der Waals surface area contributed by atoms with Gasteiger partial charge in [-0.3, -0.25) is 9.59 Å². The van der Waals surface area contributed by atoms with Crippen LogP contribution in [0.4, 0.5) is 0 Å². The molecule has 0 N–H and O–H groups in total. The van der Waals surface area contributed by atoms with E-state index >= 15 is 0 Å². The van der Waals surface area contributed by atoms with Crippen LogP contribution in [0.1, 0.15) is 36.0 Å². The third-order valence-corrected chi connectivity index (χ3v) is 5.63. The van der Waals surface area contributed by atoms with Crippen molar-refractivity contribution in [1.29, 1.82) is 0 Å². The van der Waals surface area contributed by atoms with Crippen LogP contribution in [0.15, 0.2) is 24.3 Å². The van der Waals surface area contributed by atoms with Crippen LogP contribution in [-0.2, 0) is 4.79 Å². The molecule has 4 nitrogen and oxygen atoms in total. The highest BCUT2D eigenvalue weighted by molar-refractivity contribution is 14.1. The summed E-state index contributed by atoms with van der Waals surface area (Å²) in [5.74, 6) is 0.620. The number of benzene rings is 1. The molecule has 1 aromatic rings. The van der Waals surface area contributed by atoms with Crippen LogP contribution in [0.2, 0.25) is 0 Å². The molecule has 0 radical (unpaired) electrons. The van der Waals surface area contributed by atoms with E-state index in [9.17, 15) is 9.59 Å². The van der Waals surface area contributed by atoms with Crippen molar-refractivity contribution in [3.63, 3.8) is 0 Å². The highest BCUT2D eigenvalue weighted by Gasteiger charge is 2.30. The third kappa shape index (κ3) is 3.29. The van der Waals surface area contributed by atoms with Gasteiger partial charge in [0, 0.05) is 35.7 Å². The second kappa shape index (κ2) is 6.98. The number of rotatable bonds is 2. The van der Waals surface area contributed by atoms with E-state index in [4.69, 9.17) is 0 Å². The van der Waals surface area contributed by atoms with Gasteiger partial charge in [0.25, 0.3) is 5.91 Å². The minimum absolute atomic E-state index is 0.0814. The van der Waals surface area contributed by atoms with Crippen LogP contribution >= 0.6 is 22.6 Å². The lowest BCUT2D eigenvalue weighted by molar-refractivity contribution is -0.136. The van der Waals surface area contributed by atoms with Gasteiger partial charge in [0.1, 0.15) is 0 Å². The summed E-state index contributed by atoms with van der Waals surface area (Å²) in [6, 6.07) is 7.67. The molecule has 118 valence electrons. The van der Waals surface area contributed by atoms with Crippen molar-refractivity contribution in [1.82, 2.24) is 9.80 Å². The van der Waals surface area contributed by atoms with Crippen LogP contribution < -0.4 is 0 Å². The fraction of sp³-hybridized carbons (Fsp3) is 0.529. The minimum Gasteiger partial charge on any atom is -0.339 e. The van der Waals surface area contributed by atoms with Crippen LogP contribution in [-0.4, -0.2) is 47.8 Å². The molecule has 2 amide bonds. The van der Waals surface area contributed by atoms with Gasteiger partial charge in [-0.05, 0) is 47.6 Å². The van der Waals surface area contributed by atoms with Crippen LogP contribution in [0.3, 0.4) is 0 Å². The van der Waals surface area contributed by atoms with Crippen molar-refractivity contribution in [2.24, 2.45) is 5.92 Å². The maximum atomic E-state index is 12.6. The summed E-state index contributed by atoms with van der Waals surface area (Å²) in [5, 5.41) is 0. The maximum absolute atomic E-state index is 12.6. The second-order valence-electron chi connectivity index (χ2n) is 6.08. The first-order chi connectivity index (χ1) is 10.7. The normalized spacial score (nSPS) is 19.5. The van der Waals surface area contributed by atoms with Gasteiger partial charge >= 0.3 is 0 Å². The van der Waals surface area contributed by atoms with Crippen LogP contribution in [0.5, 0.6) is 0 Å². The van der Waals surface area contributed by atoms with Crippen LogP contribution in [0.25, 0.3) is 0 Å². The molecule has 22 heavy (non-hydrogen) atoms. The molecule has 1 heterocycles. The lowest BCUT2D eigenvalue weighted by Crippen LogP contribution is -2.51. The van der Waals surface area contributed by atoms with Gasteiger partial charge in [0.15, 0.2) is 0 Å². The summed E-state index contributed by atoms with van der Waals surface area (Å²) in [6.07, 6.45) is 4.45. The standard InChI is InChI=1S/C17H21IN2O2/c18-15-8-4-3-7-14(15)17(22)20-11-9-19(10-12-20)16(21)13-5-1-2-6-13/h3-4,7-8,13H,1-2,5-6,9-12H2. The molecular weight excluding hydrogens is 391 g/mol. The van der Waals surface area contributed by atoms with E-state index in [0.717, 1.165) is 22.0 Å². The molecule has 0 atom stereocenters. The molecule has 3 rings (SSSR count).